The van der Waals surface area contributed by atoms with Gasteiger partial charge >= 0.3 is 6.09 Å². The van der Waals surface area contributed by atoms with E-state index in [9.17, 15) is 4.79 Å². The first-order valence-corrected chi connectivity index (χ1v) is 5.03. The summed E-state index contributed by atoms with van der Waals surface area (Å²) in [5.74, 6) is 0. The van der Waals surface area contributed by atoms with Crippen molar-refractivity contribution in [3.8, 4) is 0 Å². The van der Waals surface area contributed by atoms with E-state index in [1.165, 1.54) is 0 Å². The molecule has 0 bridgehead atoms. The summed E-state index contributed by atoms with van der Waals surface area (Å²) in [7, 11) is 0. The number of nitrogens with zero attached hydrogens (tertiary/aromatic N) is 1. The highest BCUT2D eigenvalue weighted by Crippen LogP contribution is 2.08. The molecular formula is C10H19N2O2. The molecule has 0 unspecified atom stereocenters. The summed E-state index contributed by atoms with van der Waals surface area (Å²) < 4.78 is 5.14. The fourth-order valence-electron chi connectivity index (χ4n) is 1.29. The van der Waals surface area contributed by atoms with Crippen molar-refractivity contribution in [3.63, 3.8) is 0 Å². The predicted molar refractivity (Wildman–Crippen MR) is 54.5 cm³/mol. The van der Waals surface area contributed by atoms with Crippen molar-refractivity contribution in [2.75, 3.05) is 13.1 Å². The molecule has 81 valence electrons. The minimum absolute atomic E-state index is 0.362. The number of carbonyl (C=O) groups is 1. The van der Waals surface area contributed by atoms with Crippen molar-refractivity contribution < 1.29 is 9.53 Å². The van der Waals surface area contributed by atoms with Gasteiger partial charge in [0.25, 0.3) is 0 Å². The van der Waals surface area contributed by atoms with E-state index in [2.05, 4.69) is 11.8 Å². The second-order valence-corrected chi connectivity index (χ2v) is 4.47. The molecule has 0 atom stereocenters. The molecule has 1 rings (SSSR count). The van der Waals surface area contributed by atoms with Crippen LogP contribution in [0.2, 0.25) is 0 Å². The summed E-state index contributed by atoms with van der Waals surface area (Å²) in [4.78, 5) is 11.3. The standard InChI is InChI=1S/C10H19N2O2/c1-10(2,3)14-9(13)11-12-7-5-4-6-8-12/h4H,5-8H2,1-3H3,(H,11,13). The monoisotopic (exact) mass is 199 g/mol. The van der Waals surface area contributed by atoms with Gasteiger partial charge < -0.3 is 4.74 Å². The van der Waals surface area contributed by atoms with Gasteiger partial charge in [-0.25, -0.2) is 9.80 Å². The molecule has 1 heterocycles. The maximum Gasteiger partial charge on any atom is 0.422 e. The van der Waals surface area contributed by atoms with Crippen LogP contribution in [0.15, 0.2) is 0 Å². The van der Waals surface area contributed by atoms with Crippen LogP contribution in [-0.2, 0) is 4.74 Å². The van der Waals surface area contributed by atoms with Gasteiger partial charge in [-0.05, 0) is 40.0 Å². The minimum Gasteiger partial charge on any atom is -0.443 e. The Hall–Kier alpha value is -0.770. The lowest BCUT2D eigenvalue weighted by molar-refractivity contribution is 0.0315. The van der Waals surface area contributed by atoms with Gasteiger partial charge in [-0.15, -0.1) is 0 Å². The van der Waals surface area contributed by atoms with E-state index in [1.807, 2.05) is 25.8 Å². The second kappa shape index (κ2) is 4.64. The molecule has 0 aliphatic carbocycles. The summed E-state index contributed by atoms with van der Waals surface area (Å²) in [5, 5.41) is 1.90. The molecule has 1 amide bonds. The number of nitrogens with one attached hydrogen (secondary N) is 1. The highest BCUT2D eigenvalue weighted by Gasteiger charge is 2.19. The highest BCUT2D eigenvalue weighted by molar-refractivity contribution is 5.67. The first-order chi connectivity index (χ1) is 6.47. The summed E-state index contributed by atoms with van der Waals surface area (Å²) in [6.45, 7) is 7.32. The van der Waals surface area contributed by atoms with Crippen LogP contribution < -0.4 is 5.43 Å². The van der Waals surface area contributed by atoms with Gasteiger partial charge in [0.15, 0.2) is 0 Å². The lowest BCUT2D eigenvalue weighted by atomic mass is 10.2. The van der Waals surface area contributed by atoms with E-state index in [0.717, 1.165) is 25.9 Å². The van der Waals surface area contributed by atoms with Crippen molar-refractivity contribution in [1.82, 2.24) is 10.4 Å². The summed E-state index contributed by atoms with van der Waals surface area (Å²) in [5.41, 5.74) is 2.30. The smallest absolute Gasteiger partial charge is 0.422 e. The topological polar surface area (TPSA) is 41.6 Å². The van der Waals surface area contributed by atoms with E-state index < -0.39 is 5.60 Å². The quantitative estimate of drug-likeness (QED) is 0.699. The zero-order valence-corrected chi connectivity index (χ0v) is 9.17. The van der Waals surface area contributed by atoms with Crippen LogP contribution in [0.3, 0.4) is 0 Å². The first kappa shape index (κ1) is 11.3. The third-order valence-electron chi connectivity index (χ3n) is 1.85. The van der Waals surface area contributed by atoms with Crippen molar-refractivity contribution in [2.45, 2.75) is 39.2 Å². The molecule has 0 spiro atoms. The summed E-state index contributed by atoms with van der Waals surface area (Å²) in [6, 6.07) is 0. The fraction of sp³-hybridized carbons (Fsp3) is 0.800. The molecule has 1 aliphatic heterocycles. The number of hydrazine groups is 1. The van der Waals surface area contributed by atoms with Gasteiger partial charge in [-0.3, -0.25) is 5.43 Å². The largest absolute Gasteiger partial charge is 0.443 e. The summed E-state index contributed by atoms with van der Waals surface area (Å²) >= 11 is 0. The third kappa shape index (κ3) is 4.46. The molecule has 1 aliphatic rings. The van der Waals surface area contributed by atoms with Crippen LogP contribution in [0.25, 0.3) is 0 Å². The van der Waals surface area contributed by atoms with Gasteiger partial charge in [-0.2, -0.15) is 0 Å². The van der Waals surface area contributed by atoms with Crippen LogP contribution in [0.1, 0.15) is 33.6 Å². The number of carbonyl (C=O) groups excluding carboxylic acids is 1. The average molecular weight is 199 g/mol. The normalized spacial score (nSPS) is 19.1. The molecule has 4 nitrogen and oxygen atoms in total. The van der Waals surface area contributed by atoms with Gasteiger partial charge in [-0.1, -0.05) is 0 Å². The third-order valence-corrected chi connectivity index (χ3v) is 1.85. The number of piperidine rings is 1. The van der Waals surface area contributed by atoms with Crippen LogP contribution in [0.5, 0.6) is 0 Å². The second-order valence-electron chi connectivity index (χ2n) is 4.47. The van der Waals surface area contributed by atoms with Crippen LogP contribution in [-0.4, -0.2) is 29.8 Å². The van der Waals surface area contributed by atoms with E-state index in [0.29, 0.717) is 0 Å². The van der Waals surface area contributed by atoms with E-state index in [4.69, 9.17) is 4.74 Å². The lowest BCUT2D eigenvalue weighted by Gasteiger charge is -2.28. The zero-order chi connectivity index (χ0) is 10.6. The molecule has 1 radical (unpaired) electrons. The maximum absolute atomic E-state index is 11.3. The predicted octanol–water partition coefficient (Wildman–Crippen LogP) is 1.73. The van der Waals surface area contributed by atoms with Gasteiger partial charge in [0.1, 0.15) is 5.60 Å². The Labute approximate surface area is 85.6 Å². The molecular weight excluding hydrogens is 180 g/mol. The van der Waals surface area contributed by atoms with E-state index in [-0.39, 0.29) is 6.09 Å². The Bertz CT molecular complexity index is 193. The molecule has 0 aromatic rings. The minimum atomic E-state index is -0.425. The molecule has 4 heteroatoms. The number of ether oxygens (including phenoxy) is 1. The Morgan fingerprint density at radius 1 is 1.36 bits per heavy atom. The van der Waals surface area contributed by atoms with Crippen LogP contribution in [0, 0.1) is 6.42 Å². The number of amides is 1. The summed E-state index contributed by atoms with van der Waals surface area (Å²) in [6.07, 6.45) is 3.91. The Morgan fingerprint density at radius 2 is 1.93 bits per heavy atom. The first-order valence-electron chi connectivity index (χ1n) is 5.03. The van der Waals surface area contributed by atoms with E-state index >= 15 is 0 Å². The van der Waals surface area contributed by atoms with Crippen molar-refractivity contribution in [2.24, 2.45) is 0 Å². The highest BCUT2D eigenvalue weighted by atomic mass is 16.6. The molecule has 1 N–H and O–H groups in total. The van der Waals surface area contributed by atoms with Gasteiger partial charge in [0.05, 0.1) is 0 Å². The molecule has 0 aromatic heterocycles. The molecule has 14 heavy (non-hydrogen) atoms. The maximum atomic E-state index is 11.3. The van der Waals surface area contributed by atoms with Crippen LogP contribution in [0.4, 0.5) is 4.79 Å². The van der Waals surface area contributed by atoms with E-state index in [1.54, 1.807) is 0 Å². The van der Waals surface area contributed by atoms with Gasteiger partial charge in [0.2, 0.25) is 0 Å². The number of hydrogen-bond acceptors (Lipinski definition) is 3. The SMILES string of the molecule is CC(C)(C)OC(=O)NN1CC[CH]CC1. The Balaban J connectivity index is 2.25. The molecule has 1 fully saturated rings. The van der Waals surface area contributed by atoms with Crippen molar-refractivity contribution >= 4 is 6.09 Å². The zero-order valence-electron chi connectivity index (χ0n) is 9.17. The van der Waals surface area contributed by atoms with Gasteiger partial charge in [0, 0.05) is 13.1 Å². The molecule has 0 aromatic carbocycles. The Kier molecular flexibility index (Phi) is 3.75. The number of rotatable bonds is 1. The fourth-order valence-corrected chi connectivity index (χ4v) is 1.29. The van der Waals surface area contributed by atoms with Crippen LogP contribution >= 0.6 is 0 Å². The Morgan fingerprint density at radius 3 is 2.43 bits per heavy atom. The molecule has 0 saturated carbocycles. The van der Waals surface area contributed by atoms with Crippen molar-refractivity contribution in [3.05, 3.63) is 6.42 Å². The lowest BCUT2D eigenvalue weighted by Crippen LogP contribution is -2.47. The van der Waals surface area contributed by atoms with Crippen molar-refractivity contribution in [1.29, 1.82) is 0 Å². The molecule has 1 saturated heterocycles. The number of hydrogen-bond donors (Lipinski definition) is 1. The average Bonchev–Trinajstić information content (AvgIpc) is 2.02.